The predicted molar refractivity (Wildman–Crippen MR) is 77.0 cm³/mol. The smallest absolute Gasteiger partial charge is 0.223 e. The average Bonchev–Trinajstić information content (AvgIpc) is 2.37. The maximum atomic E-state index is 6.10. The van der Waals surface area contributed by atoms with Gasteiger partial charge in [0.2, 0.25) is 5.95 Å². The van der Waals surface area contributed by atoms with Gasteiger partial charge in [0.25, 0.3) is 0 Å². The van der Waals surface area contributed by atoms with Crippen LogP contribution in [0.4, 0.5) is 11.8 Å². The highest BCUT2D eigenvalue weighted by Crippen LogP contribution is 2.26. The summed E-state index contributed by atoms with van der Waals surface area (Å²) in [5.74, 6) is 1.73. The van der Waals surface area contributed by atoms with Crippen LogP contribution in [-0.2, 0) is 5.75 Å². The molecule has 4 nitrogen and oxygen atoms in total. The number of hydrogen-bond acceptors (Lipinski definition) is 5. The Balaban J connectivity index is 2.11. The van der Waals surface area contributed by atoms with Crippen molar-refractivity contribution >= 4 is 35.1 Å². The highest BCUT2D eigenvalue weighted by atomic mass is 35.5. The van der Waals surface area contributed by atoms with Gasteiger partial charge >= 0.3 is 0 Å². The lowest BCUT2D eigenvalue weighted by atomic mass is 10.2. The summed E-state index contributed by atoms with van der Waals surface area (Å²) in [7, 11) is 1.80. The zero-order valence-electron chi connectivity index (χ0n) is 9.85. The molecule has 0 saturated heterocycles. The normalized spacial score (nSPS) is 10.3. The maximum Gasteiger partial charge on any atom is 0.223 e. The molecule has 18 heavy (non-hydrogen) atoms. The molecule has 6 heteroatoms. The molecule has 0 atom stereocenters. The van der Waals surface area contributed by atoms with Gasteiger partial charge in [0, 0.05) is 23.9 Å². The van der Waals surface area contributed by atoms with Crippen LogP contribution in [0.25, 0.3) is 0 Å². The summed E-state index contributed by atoms with van der Waals surface area (Å²) in [5, 5.41) is 4.54. The zero-order valence-corrected chi connectivity index (χ0v) is 11.4. The lowest BCUT2D eigenvalue weighted by Crippen LogP contribution is -2.00. The van der Waals surface area contributed by atoms with Gasteiger partial charge in [-0.1, -0.05) is 29.8 Å². The van der Waals surface area contributed by atoms with Crippen molar-refractivity contribution in [3.05, 3.63) is 40.9 Å². The first-order chi connectivity index (χ1) is 8.69. The summed E-state index contributed by atoms with van der Waals surface area (Å²) in [6.45, 7) is 0. The van der Waals surface area contributed by atoms with Crippen LogP contribution in [-0.4, -0.2) is 17.0 Å². The Morgan fingerprint density at radius 3 is 2.83 bits per heavy atom. The van der Waals surface area contributed by atoms with E-state index < -0.39 is 0 Å². The number of aromatic nitrogens is 2. The standard InChI is InChI=1S/C12H13ClN4S/c1-15-10-6-11(17-12(14)16-10)18-7-8-4-2-3-5-9(8)13/h2-6H,7H2,1H3,(H3,14,15,16,17). The van der Waals surface area contributed by atoms with Crippen LogP contribution in [0, 0.1) is 0 Å². The number of nitrogens with one attached hydrogen (secondary N) is 1. The molecule has 0 aliphatic carbocycles. The number of hydrogen-bond donors (Lipinski definition) is 2. The van der Waals surface area contributed by atoms with Crippen molar-refractivity contribution in [2.75, 3.05) is 18.1 Å². The Bertz CT molecular complexity index is 547. The second-order valence-corrected chi connectivity index (χ2v) is 4.98. The van der Waals surface area contributed by atoms with Crippen LogP contribution in [0.2, 0.25) is 5.02 Å². The largest absolute Gasteiger partial charge is 0.373 e. The maximum absolute atomic E-state index is 6.10. The Morgan fingerprint density at radius 1 is 1.33 bits per heavy atom. The van der Waals surface area contributed by atoms with Crippen LogP contribution in [0.3, 0.4) is 0 Å². The molecule has 1 aromatic heterocycles. The third-order valence-corrected chi connectivity index (χ3v) is 3.64. The molecule has 94 valence electrons. The number of nitrogens with zero attached hydrogens (tertiary/aromatic N) is 2. The molecule has 0 fully saturated rings. The summed E-state index contributed by atoms with van der Waals surface area (Å²) in [6.07, 6.45) is 0. The van der Waals surface area contributed by atoms with Gasteiger partial charge in [-0.2, -0.15) is 4.98 Å². The first kappa shape index (κ1) is 13.0. The molecule has 1 aromatic carbocycles. The quantitative estimate of drug-likeness (QED) is 0.666. The van der Waals surface area contributed by atoms with Crippen molar-refractivity contribution in [1.29, 1.82) is 0 Å². The zero-order chi connectivity index (χ0) is 13.0. The van der Waals surface area contributed by atoms with E-state index in [1.54, 1.807) is 18.8 Å². The summed E-state index contributed by atoms with van der Waals surface area (Å²) in [6, 6.07) is 9.62. The molecule has 0 spiro atoms. The van der Waals surface area contributed by atoms with Crippen LogP contribution >= 0.6 is 23.4 Å². The van der Waals surface area contributed by atoms with E-state index >= 15 is 0 Å². The molecule has 0 unspecified atom stereocenters. The van der Waals surface area contributed by atoms with Crippen LogP contribution in [0.5, 0.6) is 0 Å². The SMILES string of the molecule is CNc1cc(SCc2ccccc2Cl)nc(N)n1. The van der Waals surface area contributed by atoms with Crippen molar-refractivity contribution in [3.63, 3.8) is 0 Å². The lowest BCUT2D eigenvalue weighted by Gasteiger charge is -2.06. The van der Waals surface area contributed by atoms with E-state index in [9.17, 15) is 0 Å². The second-order valence-electron chi connectivity index (χ2n) is 3.58. The molecule has 0 radical (unpaired) electrons. The van der Waals surface area contributed by atoms with Crippen molar-refractivity contribution in [1.82, 2.24) is 9.97 Å². The highest BCUT2D eigenvalue weighted by molar-refractivity contribution is 7.98. The molecule has 0 amide bonds. The van der Waals surface area contributed by atoms with Gasteiger partial charge in [0.15, 0.2) is 0 Å². The molecule has 2 aromatic rings. The van der Waals surface area contributed by atoms with E-state index in [2.05, 4.69) is 15.3 Å². The second kappa shape index (κ2) is 5.93. The number of rotatable bonds is 4. The number of nitrogens with two attached hydrogens (primary N) is 1. The van der Waals surface area contributed by atoms with Crippen molar-refractivity contribution in [3.8, 4) is 0 Å². The Morgan fingerprint density at radius 2 is 2.11 bits per heavy atom. The monoisotopic (exact) mass is 280 g/mol. The molecular formula is C12H13ClN4S. The third kappa shape index (κ3) is 3.27. The fourth-order valence-electron chi connectivity index (χ4n) is 1.41. The Hall–Kier alpha value is -1.46. The number of anilines is 2. The van der Waals surface area contributed by atoms with E-state index in [0.717, 1.165) is 21.4 Å². The van der Waals surface area contributed by atoms with Crippen LogP contribution < -0.4 is 11.1 Å². The fourth-order valence-corrected chi connectivity index (χ4v) is 2.60. The molecular weight excluding hydrogens is 268 g/mol. The van der Waals surface area contributed by atoms with Crippen molar-refractivity contribution in [2.45, 2.75) is 10.8 Å². The van der Waals surface area contributed by atoms with E-state index in [1.807, 2.05) is 30.3 Å². The van der Waals surface area contributed by atoms with Gasteiger partial charge < -0.3 is 11.1 Å². The summed E-state index contributed by atoms with van der Waals surface area (Å²) in [5.41, 5.74) is 6.71. The van der Waals surface area contributed by atoms with Gasteiger partial charge in [-0.05, 0) is 11.6 Å². The van der Waals surface area contributed by atoms with E-state index in [4.69, 9.17) is 17.3 Å². The minimum Gasteiger partial charge on any atom is -0.373 e. The Labute approximate surface area is 115 Å². The van der Waals surface area contributed by atoms with Crippen molar-refractivity contribution in [2.24, 2.45) is 0 Å². The first-order valence-electron chi connectivity index (χ1n) is 5.37. The molecule has 2 rings (SSSR count). The summed E-state index contributed by atoms with van der Waals surface area (Å²) in [4.78, 5) is 8.21. The number of thioether (sulfide) groups is 1. The van der Waals surface area contributed by atoms with Crippen LogP contribution in [0.15, 0.2) is 35.4 Å². The van der Waals surface area contributed by atoms with Crippen molar-refractivity contribution < 1.29 is 0 Å². The molecule has 0 aliphatic heterocycles. The van der Waals surface area contributed by atoms with Gasteiger partial charge in [-0.25, -0.2) is 4.98 Å². The third-order valence-electron chi connectivity index (χ3n) is 2.31. The predicted octanol–water partition coefficient (Wildman–Crippen LogP) is 3.05. The summed E-state index contributed by atoms with van der Waals surface area (Å²) >= 11 is 7.67. The fraction of sp³-hybridized carbons (Fsp3) is 0.167. The summed E-state index contributed by atoms with van der Waals surface area (Å²) < 4.78 is 0. The number of benzene rings is 1. The van der Waals surface area contributed by atoms with Gasteiger partial charge in [0.05, 0.1) is 0 Å². The molecule has 3 N–H and O–H groups in total. The van der Waals surface area contributed by atoms with E-state index in [1.165, 1.54) is 0 Å². The minimum atomic E-state index is 0.267. The Kier molecular flexibility index (Phi) is 4.28. The first-order valence-corrected chi connectivity index (χ1v) is 6.74. The molecule has 0 bridgehead atoms. The lowest BCUT2D eigenvalue weighted by molar-refractivity contribution is 1.06. The molecule has 0 saturated carbocycles. The molecule has 0 aliphatic rings. The topological polar surface area (TPSA) is 63.8 Å². The molecule has 1 heterocycles. The van der Waals surface area contributed by atoms with E-state index in [-0.39, 0.29) is 5.95 Å². The average molecular weight is 281 g/mol. The minimum absolute atomic E-state index is 0.267. The van der Waals surface area contributed by atoms with E-state index in [0.29, 0.717) is 5.82 Å². The van der Waals surface area contributed by atoms with Gasteiger partial charge in [0.1, 0.15) is 10.8 Å². The number of nitrogen functional groups attached to an aromatic ring is 1. The number of halogens is 1. The van der Waals surface area contributed by atoms with Crippen LogP contribution in [0.1, 0.15) is 5.56 Å². The van der Waals surface area contributed by atoms with Gasteiger partial charge in [-0.15, -0.1) is 11.8 Å². The van der Waals surface area contributed by atoms with Gasteiger partial charge in [-0.3, -0.25) is 0 Å². The highest BCUT2D eigenvalue weighted by Gasteiger charge is 2.04.